The fraction of sp³-hybridized carbons (Fsp3) is 0.333. The van der Waals surface area contributed by atoms with E-state index in [1.807, 2.05) is 30.3 Å². The summed E-state index contributed by atoms with van der Waals surface area (Å²) in [5.41, 5.74) is 0.802. The highest BCUT2D eigenvalue weighted by Gasteiger charge is 2.41. The first-order valence-electron chi connectivity index (χ1n) is 6.30. The highest BCUT2D eigenvalue weighted by molar-refractivity contribution is 5.87. The van der Waals surface area contributed by atoms with Gasteiger partial charge in [-0.2, -0.15) is 0 Å². The van der Waals surface area contributed by atoms with Gasteiger partial charge in [-0.15, -0.1) is 0 Å². The molecule has 3 rings (SSSR count). The Labute approximate surface area is 106 Å². The third-order valence-corrected chi connectivity index (χ3v) is 3.81. The number of aliphatic hydroxyl groups excluding tert-OH is 1. The fourth-order valence-corrected chi connectivity index (χ4v) is 2.33. The van der Waals surface area contributed by atoms with Crippen molar-refractivity contribution in [2.75, 3.05) is 6.61 Å². The van der Waals surface area contributed by atoms with Crippen LogP contribution in [0.3, 0.4) is 0 Å². The molecule has 18 heavy (non-hydrogen) atoms. The molecule has 1 aliphatic carbocycles. The van der Waals surface area contributed by atoms with E-state index >= 15 is 0 Å². The van der Waals surface area contributed by atoms with Gasteiger partial charge in [0.1, 0.15) is 5.75 Å². The molecule has 1 fully saturated rings. The summed E-state index contributed by atoms with van der Waals surface area (Å²) >= 11 is 0. The van der Waals surface area contributed by atoms with E-state index in [1.54, 1.807) is 6.07 Å². The number of fused-ring (bicyclic) bond motifs is 1. The van der Waals surface area contributed by atoms with Gasteiger partial charge in [0.05, 0.1) is 6.61 Å². The highest BCUT2D eigenvalue weighted by Crippen LogP contribution is 2.36. The first-order valence-corrected chi connectivity index (χ1v) is 6.30. The van der Waals surface area contributed by atoms with E-state index in [0.717, 1.165) is 29.2 Å². The predicted octanol–water partition coefficient (Wildman–Crippen LogP) is 2.16. The summed E-state index contributed by atoms with van der Waals surface area (Å²) in [4.78, 5) is 0. The van der Waals surface area contributed by atoms with Crippen LogP contribution in [0.4, 0.5) is 0 Å². The maximum absolute atomic E-state index is 10.00. The van der Waals surface area contributed by atoms with Crippen molar-refractivity contribution in [2.24, 2.45) is 0 Å². The molecular formula is C15H17NO2. The minimum absolute atomic E-state index is 0.108. The lowest BCUT2D eigenvalue weighted by Crippen LogP contribution is -2.34. The average Bonchev–Trinajstić information content (AvgIpc) is 3.18. The van der Waals surface area contributed by atoms with E-state index in [0.29, 0.717) is 12.3 Å². The van der Waals surface area contributed by atoms with Crippen LogP contribution in [0.5, 0.6) is 5.75 Å². The summed E-state index contributed by atoms with van der Waals surface area (Å²) in [6, 6.07) is 11.7. The predicted molar refractivity (Wildman–Crippen MR) is 71.5 cm³/mol. The lowest BCUT2D eigenvalue weighted by molar-refractivity contribution is 0.229. The Morgan fingerprint density at radius 3 is 2.61 bits per heavy atom. The van der Waals surface area contributed by atoms with Crippen LogP contribution in [0.15, 0.2) is 36.4 Å². The van der Waals surface area contributed by atoms with Crippen molar-refractivity contribution in [3.63, 3.8) is 0 Å². The number of aliphatic hydroxyl groups is 1. The Bertz CT molecular complexity index is 576. The SMILES string of the molecule is OCC1(NCc2c(O)ccc3ccccc23)CC1. The zero-order chi connectivity index (χ0) is 12.6. The number of hydrogen-bond acceptors (Lipinski definition) is 3. The van der Waals surface area contributed by atoms with Gasteiger partial charge in [0.25, 0.3) is 0 Å². The minimum Gasteiger partial charge on any atom is -0.508 e. The Kier molecular flexibility index (Phi) is 2.73. The Morgan fingerprint density at radius 2 is 1.89 bits per heavy atom. The van der Waals surface area contributed by atoms with Crippen molar-refractivity contribution in [1.82, 2.24) is 5.32 Å². The molecule has 3 nitrogen and oxygen atoms in total. The molecule has 3 heteroatoms. The minimum atomic E-state index is -0.108. The van der Waals surface area contributed by atoms with Crippen LogP contribution >= 0.6 is 0 Å². The number of aromatic hydroxyl groups is 1. The summed E-state index contributed by atoms with van der Waals surface area (Å²) in [5.74, 6) is 0.315. The van der Waals surface area contributed by atoms with Gasteiger partial charge in [0.2, 0.25) is 0 Å². The molecule has 0 heterocycles. The fourth-order valence-electron chi connectivity index (χ4n) is 2.33. The van der Waals surface area contributed by atoms with E-state index in [1.165, 1.54) is 0 Å². The number of phenols is 1. The number of phenolic OH excluding ortho intramolecular Hbond substituents is 1. The third kappa shape index (κ3) is 1.96. The molecule has 0 atom stereocenters. The quantitative estimate of drug-likeness (QED) is 0.771. The standard InChI is InChI=1S/C15H17NO2/c17-10-15(7-8-15)16-9-13-12-4-2-1-3-11(12)5-6-14(13)18/h1-6,16-18H,7-10H2. The molecule has 94 valence electrons. The second kappa shape index (κ2) is 4.26. The summed E-state index contributed by atoms with van der Waals surface area (Å²) in [6.07, 6.45) is 2.02. The molecule has 0 saturated heterocycles. The van der Waals surface area contributed by atoms with Gasteiger partial charge in [-0.1, -0.05) is 30.3 Å². The van der Waals surface area contributed by atoms with Crippen LogP contribution in [0.1, 0.15) is 18.4 Å². The normalized spacial score (nSPS) is 16.9. The average molecular weight is 243 g/mol. The smallest absolute Gasteiger partial charge is 0.120 e. The highest BCUT2D eigenvalue weighted by atomic mass is 16.3. The largest absolute Gasteiger partial charge is 0.508 e. The second-order valence-corrected chi connectivity index (χ2v) is 5.08. The molecule has 3 N–H and O–H groups in total. The molecule has 0 aromatic heterocycles. The summed E-state index contributed by atoms with van der Waals surface area (Å²) in [6.45, 7) is 0.756. The summed E-state index contributed by atoms with van der Waals surface area (Å²) in [7, 11) is 0. The lowest BCUT2D eigenvalue weighted by Gasteiger charge is -2.16. The van der Waals surface area contributed by atoms with Crippen LogP contribution in [-0.4, -0.2) is 22.4 Å². The van der Waals surface area contributed by atoms with Crippen molar-refractivity contribution in [3.05, 3.63) is 42.0 Å². The van der Waals surface area contributed by atoms with Crippen LogP contribution in [0.2, 0.25) is 0 Å². The molecule has 2 aromatic carbocycles. The monoisotopic (exact) mass is 243 g/mol. The zero-order valence-electron chi connectivity index (χ0n) is 10.2. The van der Waals surface area contributed by atoms with Gasteiger partial charge in [0, 0.05) is 17.6 Å². The Balaban J connectivity index is 1.92. The van der Waals surface area contributed by atoms with Crippen LogP contribution in [-0.2, 0) is 6.54 Å². The molecule has 1 aliphatic rings. The number of hydrogen-bond donors (Lipinski definition) is 3. The van der Waals surface area contributed by atoms with Gasteiger partial charge in [-0.05, 0) is 29.7 Å². The van der Waals surface area contributed by atoms with Crippen molar-refractivity contribution in [3.8, 4) is 5.75 Å². The van der Waals surface area contributed by atoms with E-state index in [9.17, 15) is 10.2 Å². The Hall–Kier alpha value is -1.58. The second-order valence-electron chi connectivity index (χ2n) is 5.08. The molecule has 0 unspecified atom stereocenters. The number of nitrogens with one attached hydrogen (secondary N) is 1. The van der Waals surface area contributed by atoms with Crippen molar-refractivity contribution >= 4 is 10.8 Å². The van der Waals surface area contributed by atoms with Gasteiger partial charge < -0.3 is 15.5 Å². The first kappa shape index (κ1) is 11.5. The van der Waals surface area contributed by atoms with Crippen molar-refractivity contribution in [2.45, 2.75) is 24.9 Å². The van der Waals surface area contributed by atoms with Gasteiger partial charge >= 0.3 is 0 Å². The molecule has 2 aromatic rings. The third-order valence-electron chi connectivity index (χ3n) is 3.81. The molecule has 0 bridgehead atoms. The summed E-state index contributed by atoms with van der Waals surface area (Å²) in [5, 5.41) is 24.8. The first-order chi connectivity index (χ1) is 8.74. The van der Waals surface area contributed by atoms with Gasteiger partial charge in [-0.3, -0.25) is 0 Å². The van der Waals surface area contributed by atoms with E-state index in [-0.39, 0.29) is 12.1 Å². The van der Waals surface area contributed by atoms with Crippen molar-refractivity contribution < 1.29 is 10.2 Å². The number of benzene rings is 2. The lowest BCUT2D eigenvalue weighted by atomic mass is 10.0. The molecular weight excluding hydrogens is 226 g/mol. The molecule has 0 aliphatic heterocycles. The Morgan fingerprint density at radius 1 is 1.11 bits per heavy atom. The molecule has 0 amide bonds. The topological polar surface area (TPSA) is 52.5 Å². The van der Waals surface area contributed by atoms with Gasteiger partial charge in [0.15, 0.2) is 0 Å². The van der Waals surface area contributed by atoms with Crippen LogP contribution in [0, 0.1) is 0 Å². The number of rotatable bonds is 4. The van der Waals surface area contributed by atoms with Crippen LogP contribution in [0.25, 0.3) is 10.8 Å². The van der Waals surface area contributed by atoms with Crippen LogP contribution < -0.4 is 5.32 Å². The molecule has 0 spiro atoms. The van der Waals surface area contributed by atoms with E-state index < -0.39 is 0 Å². The maximum atomic E-state index is 10.00. The summed E-state index contributed by atoms with van der Waals surface area (Å²) < 4.78 is 0. The molecule has 1 saturated carbocycles. The van der Waals surface area contributed by atoms with Gasteiger partial charge in [-0.25, -0.2) is 0 Å². The van der Waals surface area contributed by atoms with Crippen molar-refractivity contribution in [1.29, 1.82) is 0 Å². The zero-order valence-corrected chi connectivity index (χ0v) is 10.2. The van der Waals surface area contributed by atoms with E-state index in [4.69, 9.17) is 0 Å². The molecule has 0 radical (unpaired) electrons. The maximum Gasteiger partial charge on any atom is 0.120 e. The van der Waals surface area contributed by atoms with E-state index in [2.05, 4.69) is 5.32 Å².